The van der Waals surface area contributed by atoms with E-state index in [0.29, 0.717) is 6.04 Å². The summed E-state index contributed by atoms with van der Waals surface area (Å²) in [6, 6.07) is 0.385. The van der Waals surface area contributed by atoms with Crippen LogP contribution in [0.1, 0.15) is 57.8 Å². The van der Waals surface area contributed by atoms with Gasteiger partial charge >= 0.3 is 5.97 Å². The normalized spacial score (nSPS) is 37.2. The molecular formula is C15H25NO2. The molecule has 1 aliphatic heterocycles. The van der Waals surface area contributed by atoms with Gasteiger partial charge in [-0.05, 0) is 50.5 Å². The van der Waals surface area contributed by atoms with Crippen LogP contribution in [0.3, 0.4) is 0 Å². The van der Waals surface area contributed by atoms with E-state index in [2.05, 4.69) is 4.90 Å². The lowest BCUT2D eigenvalue weighted by molar-refractivity contribution is -0.148. The van der Waals surface area contributed by atoms with Crippen LogP contribution in [0.25, 0.3) is 0 Å². The minimum atomic E-state index is -0.588. The summed E-state index contributed by atoms with van der Waals surface area (Å²) in [7, 11) is 0. The number of aliphatic carboxylic acids is 1. The molecule has 18 heavy (non-hydrogen) atoms. The maximum atomic E-state index is 11.5. The fourth-order valence-electron chi connectivity index (χ4n) is 4.06. The Morgan fingerprint density at radius 2 is 1.83 bits per heavy atom. The zero-order chi connectivity index (χ0) is 12.5. The van der Waals surface area contributed by atoms with Crippen molar-refractivity contribution >= 4 is 5.97 Å². The zero-order valence-corrected chi connectivity index (χ0v) is 11.2. The van der Waals surface area contributed by atoms with Gasteiger partial charge in [0.1, 0.15) is 6.04 Å². The molecule has 0 aromatic heterocycles. The number of rotatable bonds is 4. The molecule has 102 valence electrons. The molecule has 0 amide bonds. The number of hydrogen-bond donors (Lipinski definition) is 1. The Morgan fingerprint density at radius 3 is 2.56 bits per heavy atom. The van der Waals surface area contributed by atoms with Gasteiger partial charge in [0.25, 0.3) is 0 Å². The molecule has 3 nitrogen and oxygen atoms in total. The largest absolute Gasteiger partial charge is 0.480 e. The SMILES string of the molecule is O=C(O)C1CCC2CCCCC2N1CCC1CC1. The van der Waals surface area contributed by atoms with E-state index in [4.69, 9.17) is 0 Å². The number of carbonyl (C=O) groups is 1. The van der Waals surface area contributed by atoms with Crippen molar-refractivity contribution in [1.82, 2.24) is 4.90 Å². The van der Waals surface area contributed by atoms with Gasteiger partial charge in [-0.1, -0.05) is 25.7 Å². The molecule has 3 aliphatic rings. The van der Waals surface area contributed by atoms with Gasteiger partial charge in [-0.25, -0.2) is 0 Å². The Bertz CT molecular complexity index is 314. The minimum absolute atomic E-state index is 0.192. The fraction of sp³-hybridized carbons (Fsp3) is 0.933. The Labute approximate surface area is 110 Å². The fourth-order valence-corrected chi connectivity index (χ4v) is 4.06. The summed E-state index contributed by atoms with van der Waals surface area (Å²) in [5.41, 5.74) is 0. The van der Waals surface area contributed by atoms with Crippen LogP contribution >= 0.6 is 0 Å². The van der Waals surface area contributed by atoms with E-state index in [1.54, 1.807) is 0 Å². The molecule has 1 heterocycles. The third-order valence-electron chi connectivity index (χ3n) is 5.28. The summed E-state index contributed by atoms with van der Waals surface area (Å²) < 4.78 is 0. The lowest BCUT2D eigenvalue weighted by Gasteiger charge is -2.47. The van der Waals surface area contributed by atoms with Crippen LogP contribution in [0.4, 0.5) is 0 Å². The molecular weight excluding hydrogens is 226 g/mol. The summed E-state index contributed by atoms with van der Waals surface area (Å²) in [5.74, 6) is 1.10. The molecule has 2 saturated carbocycles. The van der Waals surface area contributed by atoms with Crippen molar-refractivity contribution in [3.05, 3.63) is 0 Å². The van der Waals surface area contributed by atoms with Gasteiger partial charge in [0.05, 0.1) is 0 Å². The molecule has 0 aromatic rings. The summed E-state index contributed by atoms with van der Waals surface area (Å²) in [6.07, 6.45) is 11.2. The number of carboxylic acids is 1. The molecule has 0 bridgehead atoms. The summed E-state index contributed by atoms with van der Waals surface area (Å²) in [5, 5.41) is 9.44. The van der Waals surface area contributed by atoms with Crippen molar-refractivity contribution in [2.24, 2.45) is 11.8 Å². The molecule has 2 aliphatic carbocycles. The number of hydrogen-bond acceptors (Lipinski definition) is 2. The van der Waals surface area contributed by atoms with Gasteiger partial charge in [-0.2, -0.15) is 0 Å². The third-order valence-corrected chi connectivity index (χ3v) is 5.28. The molecule has 3 atom stereocenters. The average Bonchev–Trinajstić information content (AvgIpc) is 3.19. The highest BCUT2D eigenvalue weighted by molar-refractivity contribution is 5.73. The van der Waals surface area contributed by atoms with Crippen molar-refractivity contribution in [1.29, 1.82) is 0 Å². The van der Waals surface area contributed by atoms with Gasteiger partial charge in [0.2, 0.25) is 0 Å². The Morgan fingerprint density at radius 1 is 1.06 bits per heavy atom. The summed E-state index contributed by atoms with van der Waals surface area (Å²) in [4.78, 5) is 13.8. The van der Waals surface area contributed by atoms with E-state index in [1.807, 2.05) is 0 Å². The predicted octanol–water partition coefficient (Wildman–Crippen LogP) is 2.89. The molecule has 1 saturated heterocycles. The highest BCUT2D eigenvalue weighted by atomic mass is 16.4. The van der Waals surface area contributed by atoms with Crippen LogP contribution in [0.15, 0.2) is 0 Å². The van der Waals surface area contributed by atoms with Crippen molar-refractivity contribution in [2.45, 2.75) is 69.9 Å². The van der Waals surface area contributed by atoms with Crippen molar-refractivity contribution in [3.63, 3.8) is 0 Å². The molecule has 3 unspecified atom stereocenters. The molecule has 3 heteroatoms. The highest BCUT2D eigenvalue weighted by Gasteiger charge is 2.41. The minimum Gasteiger partial charge on any atom is -0.480 e. The lowest BCUT2D eigenvalue weighted by atomic mass is 9.76. The Balaban J connectivity index is 1.68. The molecule has 0 radical (unpaired) electrons. The molecule has 3 fully saturated rings. The first-order valence-electron chi connectivity index (χ1n) is 7.74. The van der Waals surface area contributed by atoms with Gasteiger partial charge in [0.15, 0.2) is 0 Å². The van der Waals surface area contributed by atoms with E-state index in [0.717, 1.165) is 31.2 Å². The van der Waals surface area contributed by atoms with Gasteiger partial charge in [-0.3, -0.25) is 9.69 Å². The number of likely N-dealkylation sites (tertiary alicyclic amines) is 1. The predicted molar refractivity (Wildman–Crippen MR) is 70.5 cm³/mol. The van der Waals surface area contributed by atoms with Crippen LogP contribution in [0, 0.1) is 11.8 Å². The Hall–Kier alpha value is -0.570. The number of carboxylic acid groups (broad SMARTS) is 1. The van der Waals surface area contributed by atoms with Crippen molar-refractivity contribution < 1.29 is 9.90 Å². The second-order valence-corrected chi connectivity index (χ2v) is 6.51. The maximum Gasteiger partial charge on any atom is 0.320 e. The topological polar surface area (TPSA) is 40.5 Å². The van der Waals surface area contributed by atoms with Crippen molar-refractivity contribution in [2.75, 3.05) is 6.54 Å². The molecule has 3 rings (SSSR count). The lowest BCUT2D eigenvalue weighted by Crippen LogP contribution is -2.55. The molecule has 0 spiro atoms. The number of fused-ring (bicyclic) bond motifs is 1. The Kier molecular flexibility index (Phi) is 3.60. The van der Waals surface area contributed by atoms with E-state index in [-0.39, 0.29) is 6.04 Å². The van der Waals surface area contributed by atoms with Gasteiger partial charge < -0.3 is 5.11 Å². The number of nitrogens with zero attached hydrogens (tertiary/aromatic N) is 1. The molecule has 0 aromatic carbocycles. The van der Waals surface area contributed by atoms with Crippen LogP contribution in [0.5, 0.6) is 0 Å². The van der Waals surface area contributed by atoms with E-state index in [1.165, 1.54) is 44.9 Å². The first-order chi connectivity index (χ1) is 8.75. The second-order valence-electron chi connectivity index (χ2n) is 6.51. The second kappa shape index (κ2) is 5.20. The van der Waals surface area contributed by atoms with E-state index >= 15 is 0 Å². The standard InChI is InChI=1S/C15H25NO2/c17-15(18)14-8-7-12-3-1-2-4-13(12)16(14)10-9-11-5-6-11/h11-14H,1-10H2,(H,17,18). The summed E-state index contributed by atoms with van der Waals surface area (Å²) >= 11 is 0. The van der Waals surface area contributed by atoms with Crippen LogP contribution in [-0.2, 0) is 4.79 Å². The van der Waals surface area contributed by atoms with E-state index < -0.39 is 5.97 Å². The first kappa shape index (κ1) is 12.5. The van der Waals surface area contributed by atoms with Crippen molar-refractivity contribution in [3.8, 4) is 0 Å². The van der Waals surface area contributed by atoms with Crippen LogP contribution in [0.2, 0.25) is 0 Å². The average molecular weight is 251 g/mol. The third kappa shape index (κ3) is 2.56. The van der Waals surface area contributed by atoms with Gasteiger partial charge in [0, 0.05) is 6.04 Å². The smallest absolute Gasteiger partial charge is 0.320 e. The van der Waals surface area contributed by atoms with Gasteiger partial charge in [-0.15, -0.1) is 0 Å². The number of piperidine rings is 1. The monoisotopic (exact) mass is 251 g/mol. The van der Waals surface area contributed by atoms with E-state index in [9.17, 15) is 9.90 Å². The summed E-state index contributed by atoms with van der Waals surface area (Å²) in [6.45, 7) is 1.03. The van der Waals surface area contributed by atoms with Crippen LogP contribution in [-0.4, -0.2) is 34.6 Å². The molecule has 1 N–H and O–H groups in total. The van der Waals surface area contributed by atoms with Crippen LogP contribution < -0.4 is 0 Å². The highest BCUT2D eigenvalue weighted by Crippen LogP contribution is 2.39. The quantitative estimate of drug-likeness (QED) is 0.835. The zero-order valence-electron chi connectivity index (χ0n) is 11.2. The first-order valence-corrected chi connectivity index (χ1v) is 7.74. The maximum absolute atomic E-state index is 11.5.